The molecule has 0 spiro atoms. The molecule has 204 valence electrons. The summed E-state index contributed by atoms with van der Waals surface area (Å²) in [4.78, 5) is 1.94. The van der Waals surface area contributed by atoms with Gasteiger partial charge in [0, 0.05) is 5.56 Å². The summed E-state index contributed by atoms with van der Waals surface area (Å²) in [6, 6.07) is 19.0. The minimum atomic E-state index is -4.44. The molecule has 1 aliphatic carbocycles. The van der Waals surface area contributed by atoms with E-state index in [0.717, 1.165) is 29.5 Å². The van der Waals surface area contributed by atoms with Crippen LogP contribution in [-0.2, 0) is 40.8 Å². The van der Waals surface area contributed by atoms with Gasteiger partial charge in [-0.25, -0.2) is 8.37 Å². The lowest BCUT2D eigenvalue weighted by molar-refractivity contribution is -0.159. The molecule has 1 atom stereocenters. The van der Waals surface area contributed by atoms with Gasteiger partial charge in [-0.05, 0) is 76.0 Å². The van der Waals surface area contributed by atoms with Crippen LogP contribution < -0.4 is 0 Å². The molecular weight excluding hydrogens is 522 g/mol. The van der Waals surface area contributed by atoms with Gasteiger partial charge in [0.1, 0.15) is 0 Å². The molecule has 0 bridgehead atoms. The zero-order chi connectivity index (χ0) is 27.6. The minimum Gasteiger partial charge on any atom is -0.295 e. The van der Waals surface area contributed by atoms with Crippen LogP contribution in [0.1, 0.15) is 48.9 Å². The molecule has 9 heteroatoms. The van der Waals surface area contributed by atoms with Gasteiger partial charge in [0.2, 0.25) is 5.79 Å². The van der Waals surface area contributed by atoms with E-state index in [2.05, 4.69) is 4.90 Å². The second kappa shape index (κ2) is 11.3. The zero-order valence-corrected chi connectivity index (χ0v) is 23.9. The van der Waals surface area contributed by atoms with Gasteiger partial charge in [0.15, 0.2) is 0 Å². The molecular formula is C29H35NO6S2. The Bertz CT molecular complexity index is 1380. The average Bonchev–Trinajstić information content (AvgIpc) is 3.17. The Morgan fingerprint density at radius 2 is 1.18 bits per heavy atom. The van der Waals surface area contributed by atoms with Gasteiger partial charge in [-0.1, -0.05) is 73.5 Å². The SMILES string of the molecule is CCCN(CCC)C1Cc2ccccc2C1(OS(=O)(=O)c1ccc(C)cc1)OS(=O)(=O)c1ccc(C)cc1. The Morgan fingerprint density at radius 1 is 0.737 bits per heavy atom. The van der Waals surface area contributed by atoms with Gasteiger partial charge < -0.3 is 0 Å². The second-order valence-corrected chi connectivity index (χ2v) is 12.9. The predicted octanol–water partition coefficient (Wildman–Crippen LogP) is 5.31. The first kappa shape index (κ1) is 28.4. The third-order valence-electron chi connectivity index (χ3n) is 6.79. The van der Waals surface area contributed by atoms with Crippen LogP contribution in [0.5, 0.6) is 0 Å². The van der Waals surface area contributed by atoms with Crippen LogP contribution in [-0.4, -0.2) is 40.9 Å². The Balaban J connectivity index is 1.93. The van der Waals surface area contributed by atoms with Gasteiger partial charge in [-0.3, -0.25) is 4.90 Å². The van der Waals surface area contributed by atoms with Crippen molar-refractivity contribution in [1.29, 1.82) is 0 Å². The monoisotopic (exact) mass is 557 g/mol. The number of rotatable bonds is 11. The van der Waals surface area contributed by atoms with E-state index in [1.807, 2.05) is 39.8 Å². The standard InChI is InChI=1S/C29H35NO6S2/c1-5-19-30(20-6-2)28-21-24-9-7-8-10-27(24)29(28,35-37(31,32)25-15-11-22(3)12-16-25)36-38(33,34)26-17-13-23(4)14-18-26/h7-18,28H,5-6,19-21H2,1-4H3. The van der Waals surface area contributed by atoms with Crippen LogP contribution in [0, 0.1) is 13.8 Å². The lowest BCUT2D eigenvalue weighted by Crippen LogP contribution is -2.53. The van der Waals surface area contributed by atoms with Crippen LogP contribution in [0.15, 0.2) is 82.6 Å². The van der Waals surface area contributed by atoms with E-state index in [4.69, 9.17) is 8.37 Å². The van der Waals surface area contributed by atoms with Crippen molar-refractivity contribution in [2.45, 2.75) is 68.6 Å². The fraction of sp³-hybridized carbons (Fsp3) is 0.379. The van der Waals surface area contributed by atoms with E-state index in [1.165, 1.54) is 24.3 Å². The molecule has 0 saturated carbocycles. The van der Waals surface area contributed by atoms with Gasteiger partial charge >= 0.3 is 0 Å². The molecule has 1 aliphatic rings. The minimum absolute atomic E-state index is 0.0699. The average molecular weight is 558 g/mol. The predicted molar refractivity (Wildman–Crippen MR) is 147 cm³/mol. The summed E-state index contributed by atoms with van der Waals surface area (Å²) < 4.78 is 67.1. The van der Waals surface area contributed by atoms with Crippen molar-refractivity contribution in [2.24, 2.45) is 0 Å². The molecule has 3 aromatic rings. The van der Waals surface area contributed by atoms with Crippen LogP contribution in [0.3, 0.4) is 0 Å². The number of nitrogens with zero attached hydrogens (tertiary/aromatic N) is 1. The molecule has 3 aromatic carbocycles. The highest BCUT2D eigenvalue weighted by Gasteiger charge is 2.57. The maximum absolute atomic E-state index is 13.7. The van der Waals surface area contributed by atoms with E-state index in [1.54, 1.807) is 36.4 Å². The third-order valence-corrected chi connectivity index (χ3v) is 9.43. The molecule has 0 heterocycles. The van der Waals surface area contributed by atoms with Crippen LogP contribution in [0.25, 0.3) is 0 Å². The van der Waals surface area contributed by atoms with Crippen molar-refractivity contribution in [3.05, 3.63) is 95.1 Å². The zero-order valence-electron chi connectivity index (χ0n) is 22.3. The second-order valence-electron chi connectivity index (χ2n) is 9.78. The smallest absolute Gasteiger partial charge is 0.295 e. The van der Waals surface area contributed by atoms with Gasteiger partial charge in [0.05, 0.1) is 15.8 Å². The highest BCUT2D eigenvalue weighted by molar-refractivity contribution is 7.87. The molecule has 7 nitrogen and oxygen atoms in total. The van der Waals surface area contributed by atoms with Crippen molar-refractivity contribution in [1.82, 2.24) is 4.90 Å². The topological polar surface area (TPSA) is 90.0 Å². The first-order valence-electron chi connectivity index (χ1n) is 12.9. The van der Waals surface area contributed by atoms with Crippen molar-refractivity contribution in [3.63, 3.8) is 0 Å². The van der Waals surface area contributed by atoms with E-state index in [9.17, 15) is 16.8 Å². The number of benzene rings is 3. The molecule has 38 heavy (non-hydrogen) atoms. The fourth-order valence-electron chi connectivity index (χ4n) is 4.97. The summed E-state index contributed by atoms with van der Waals surface area (Å²) in [5.74, 6) is -2.12. The molecule has 0 amide bonds. The first-order chi connectivity index (χ1) is 18.0. The molecule has 0 aromatic heterocycles. The molecule has 0 N–H and O–H groups in total. The molecule has 0 aliphatic heterocycles. The summed E-state index contributed by atoms with van der Waals surface area (Å²) in [5.41, 5.74) is 2.96. The summed E-state index contributed by atoms with van der Waals surface area (Å²) in [6.07, 6.45) is 1.96. The van der Waals surface area contributed by atoms with Gasteiger partial charge in [0.25, 0.3) is 20.2 Å². The van der Waals surface area contributed by atoms with E-state index in [-0.39, 0.29) is 9.79 Å². The van der Waals surface area contributed by atoms with Crippen LogP contribution >= 0.6 is 0 Å². The van der Waals surface area contributed by atoms with Crippen LogP contribution in [0.2, 0.25) is 0 Å². The highest BCUT2D eigenvalue weighted by atomic mass is 32.2. The fourth-order valence-corrected chi connectivity index (χ4v) is 7.27. The summed E-state index contributed by atoms with van der Waals surface area (Å²) in [6.45, 7) is 9.01. The maximum Gasteiger partial charge on any atom is 0.300 e. The Hall–Kier alpha value is -2.56. The number of fused-ring (bicyclic) bond motifs is 1. The van der Waals surface area contributed by atoms with E-state index >= 15 is 0 Å². The molecule has 4 rings (SSSR count). The van der Waals surface area contributed by atoms with Crippen molar-refractivity contribution in [3.8, 4) is 0 Å². The lowest BCUT2D eigenvalue weighted by Gasteiger charge is -2.40. The Labute approximate surface area is 226 Å². The normalized spacial score (nSPS) is 17.0. The summed E-state index contributed by atoms with van der Waals surface area (Å²) >= 11 is 0. The highest BCUT2D eigenvalue weighted by Crippen LogP contribution is 2.47. The van der Waals surface area contributed by atoms with Crippen molar-refractivity contribution >= 4 is 20.2 Å². The number of hydrogen-bond donors (Lipinski definition) is 0. The van der Waals surface area contributed by atoms with Gasteiger partial charge in [-0.2, -0.15) is 16.8 Å². The molecule has 1 unspecified atom stereocenters. The van der Waals surface area contributed by atoms with Crippen LogP contribution in [0.4, 0.5) is 0 Å². The lowest BCUT2D eigenvalue weighted by atomic mass is 10.0. The van der Waals surface area contributed by atoms with Crippen molar-refractivity contribution in [2.75, 3.05) is 13.1 Å². The summed E-state index contributed by atoms with van der Waals surface area (Å²) in [7, 11) is -8.87. The molecule has 0 saturated heterocycles. The van der Waals surface area contributed by atoms with E-state index in [0.29, 0.717) is 25.1 Å². The maximum atomic E-state index is 13.7. The number of aryl methyl sites for hydroxylation is 2. The largest absolute Gasteiger partial charge is 0.300 e. The van der Waals surface area contributed by atoms with Crippen molar-refractivity contribution < 1.29 is 25.2 Å². The first-order valence-corrected chi connectivity index (χ1v) is 15.7. The van der Waals surface area contributed by atoms with Gasteiger partial charge in [-0.15, -0.1) is 0 Å². The molecule has 0 radical (unpaired) electrons. The Morgan fingerprint density at radius 3 is 1.63 bits per heavy atom. The Kier molecular flexibility index (Phi) is 8.44. The molecule has 0 fully saturated rings. The quantitative estimate of drug-likeness (QED) is 0.233. The number of hydrogen-bond acceptors (Lipinski definition) is 7. The summed E-state index contributed by atoms with van der Waals surface area (Å²) in [5, 5.41) is 0. The third kappa shape index (κ3) is 5.72. The van der Waals surface area contributed by atoms with E-state index < -0.39 is 32.1 Å².